The van der Waals surface area contributed by atoms with Crippen molar-refractivity contribution in [1.82, 2.24) is 0 Å². The predicted octanol–water partition coefficient (Wildman–Crippen LogP) is -2.74. The molecule has 0 bridgehead atoms. The quantitative estimate of drug-likeness (QED) is 0.383. The summed E-state index contributed by atoms with van der Waals surface area (Å²) >= 11 is 0. The maximum absolute atomic E-state index is 9.72. The minimum Gasteiger partial charge on any atom is -0.542 e. The van der Waals surface area contributed by atoms with Gasteiger partial charge in [-0.05, 0) is 0 Å². The van der Waals surface area contributed by atoms with Gasteiger partial charge in [-0.15, -0.1) is 0 Å². The highest BCUT2D eigenvalue weighted by Gasteiger charge is 1.94. The molecule has 4 heteroatoms. The van der Waals surface area contributed by atoms with E-state index in [1.165, 1.54) is 0 Å². The van der Waals surface area contributed by atoms with Crippen LogP contribution in [0.3, 0.4) is 0 Å². The number of Topliss-reactive ketones (excluding diaryl/α,β-unsaturated/α-hetero) is 1. The van der Waals surface area contributed by atoms with Gasteiger partial charge in [0.25, 0.3) is 0 Å². The summed E-state index contributed by atoms with van der Waals surface area (Å²) in [5.74, 6) is -2.79. The zero-order valence-corrected chi connectivity index (χ0v) is 3.51. The fourth-order valence-electron chi connectivity index (χ4n) is 0.0833. The van der Waals surface area contributed by atoms with Gasteiger partial charge < -0.3 is 15.6 Å². The fourth-order valence-corrected chi connectivity index (χ4v) is 0.0833. The number of hydrogen-bond acceptors (Lipinski definition) is 4. The summed E-state index contributed by atoms with van der Waals surface area (Å²) in [6, 6.07) is 0. The van der Waals surface area contributed by atoms with Crippen LogP contribution in [-0.2, 0) is 9.59 Å². The molecule has 0 radical (unpaired) electrons. The van der Waals surface area contributed by atoms with E-state index in [-0.39, 0.29) is 0 Å². The SMILES string of the molecule is NCC(=O)C(=O)[O-]. The Kier molecular flexibility index (Phi) is 2.01. The molecule has 0 fully saturated rings. The Hall–Kier alpha value is -0.900. The molecule has 0 aromatic carbocycles. The van der Waals surface area contributed by atoms with E-state index in [9.17, 15) is 14.7 Å². The second kappa shape index (κ2) is 2.30. The molecule has 40 valence electrons. The summed E-state index contributed by atoms with van der Waals surface area (Å²) < 4.78 is 0. The first-order chi connectivity index (χ1) is 3.18. The van der Waals surface area contributed by atoms with Gasteiger partial charge in [0.1, 0.15) is 5.97 Å². The predicted molar refractivity (Wildman–Crippen MR) is 19.1 cm³/mol. The van der Waals surface area contributed by atoms with E-state index in [2.05, 4.69) is 5.73 Å². The van der Waals surface area contributed by atoms with Gasteiger partial charge >= 0.3 is 0 Å². The van der Waals surface area contributed by atoms with Crippen LogP contribution in [0.4, 0.5) is 0 Å². The number of aliphatic carboxylic acids is 1. The highest BCUT2D eigenvalue weighted by atomic mass is 16.4. The molecule has 0 aliphatic heterocycles. The summed E-state index contributed by atoms with van der Waals surface area (Å²) in [5, 5.41) is 9.39. The van der Waals surface area contributed by atoms with Crippen LogP contribution in [0.5, 0.6) is 0 Å². The van der Waals surface area contributed by atoms with E-state index in [1.54, 1.807) is 0 Å². The van der Waals surface area contributed by atoms with Crippen molar-refractivity contribution in [3.63, 3.8) is 0 Å². The van der Waals surface area contributed by atoms with Crippen LogP contribution in [0, 0.1) is 0 Å². The first kappa shape index (κ1) is 6.10. The molecule has 0 aliphatic rings. The Morgan fingerprint density at radius 2 is 2.00 bits per heavy atom. The monoisotopic (exact) mass is 102 g/mol. The largest absolute Gasteiger partial charge is 0.542 e. The summed E-state index contributed by atoms with van der Waals surface area (Å²) in [5.41, 5.74) is 4.60. The fraction of sp³-hybridized carbons (Fsp3) is 0.333. The lowest BCUT2D eigenvalue weighted by Gasteiger charge is -1.92. The zero-order valence-electron chi connectivity index (χ0n) is 3.51. The van der Waals surface area contributed by atoms with Crippen molar-refractivity contribution >= 4 is 11.8 Å². The van der Waals surface area contributed by atoms with Crippen molar-refractivity contribution in [2.75, 3.05) is 6.54 Å². The maximum atomic E-state index is 9.72. The van der Waals surface area contributed by atoms with E-state index in [4.69, 9.17) is 0 Å². The second-order valence-corrected chi connectivity index (χ2v) is 0.915. The highest BCUT2D eigenvalue weighted by molar-refractivity contribution is 6.32. The van der Waals surface area contributed by atoms with Crippen LogP contribution >= 0.6 is 0 Å². The Labute approximate surface area is 39.9 Å². The van der Waals surface area contributed by atoms with E-state index < -0.39 is 18.3 Å². The van der Waals surface area contributed by atoms with Gasteiger partial charge in [0, 0.05) is 0 Å². The molecule has 0 saturated carbocycles. The minimum atomic E-state index is -1.72. The molecule has 0 rings (SSSR count). The van der Waals surface area contributed by atoms with Gasteiger partial charge in [-0.1, -0.05) is 0 Å². The second-order valence-electron chi connectivity index (χ2n) is 0.915. The van der Waals surface area contributed by atoms with Gasteiger partial charge in [0.2, 0.25) is 0 Å². The Morgan fingerprint density at radius 1 is 1.57 bits per heavy atom. The number of carbonyl (C=O) groups excluding carboxylic acids is 2. The molecule has 4 nitrogen and oxygen atoms in total. The summed E-state index contributed by atoms with van der Waals surface area (Å²) in [6.45, 7) is -0.484. The lowest BCUT2D eigenvalue weighted by molar-refractivity contribution is -0.299. The van der Waals surface area contributed by atoms with Gasteiger partial charge in [-0.25, -0.2) is 0 Å². The van der Waals surface area contributed by atoms with Crippen molar-refractivity contribution in [3.05, 3.63) is 0 Å². The van der Waals surface area contributed by atoms with Crippen LogP contribution in [0.1, 0.15) is 0 Å². The molecule has 2 N–H and O–H groups in total. The average Bonchev–Trinajstić information content (AvgIpc) is 1.65. The standard InChI is InChI=1S/C3H5NO3/c4-1-2(5)3(6)7/h1,4H2,(H,6,7)/p-1. The van der Waals surface area contributed by atoms with E-state index in [1.807, 2.05) is 0 Å². The van der Waals surface area contributed by atoms with Crippen LogP contribution in [-0.4, -0.2) is 18.3 Å². The third kappa shape index (κ3) is 1.88. The number of hydrogen-bond donors (Lipinski definition) is 1. The molecule has 0 aliphatic carbocycles. The van der Waals surface area contributed by atoms with Crippen molar-refractivity contribution < 1.29 is 14.7 Å². The number of carbonyl (C=O) groups is 2. The molecule has 0 aromatic rings. The summed E-state index contributed by atoms with van der Waals surface area (Å²) in [4.78, 5) is 19.1. The number of carboxylic acids is 1. The van der Waals surface area contributed by atoms with Crippen molar-refractivity contribution in [2.45, 2.75) is 0 Å². The Bertz CT molecular complexity index is 98.4. The first-order valence-electron chi connectivity index (χ1n) is 1.62. The van der Waals surface area contributed by atoms with Gasteiger partial charge in [-0.2, -0.15) is 0 Å². The van der Waals surface area contributed by atoms with Crippen LogP contribution in [0.15, 0.2) is 0 Å². The van der Waals surface area contributed by atoms with Crippen molar-refractivity contribution in [3.8, 4) is 0 Å². The van der Waals surface area contributed by atoms with Gasteiger partial charge in [-0.3, -0.25) is 4.79 Å². The third-order valence-electron chi connectivity index (χ3n) is 0.413. The molecule has 0 amide bonds. The molecule has 0 atom stereocenters. The Balaban J connectivity index is 3.58. The van der Waals surface area contributed by atoms with Crippen molar-refractivity contribution in [1.29, 1.82) is 0 Å². The Morgan fingerprint density at radius 3 is 2.00 bits per heavy atom. The molecule has 0 unspecified atom stereocenters. The van der Waals surface area contributed by atoms with Crippen molar-refractivity contribution in [2.24, 2.45) is 5.73 Å². The van der Waals surface area contributed by atoms with Gasteiger partial charge in [0.05, 0.1) is 6.54 Å². The third-order valence-corrected chi connectivity index (χ3v) is 0.413. The first-order valence-corrected chi connectivity index (χ1v) is 1.62. The molecule has 0 heterocycles. The lowest BCUT2D eigenvalue weighted by Crippen LogP contribution is -2.35. The number of ketones is 1. The lowest BCUT2D eigenvalue weighted by atomic mass is 10.4. The topological polar surface area (TPSA) is 83.2 Å². The summed E-state index contributed by atoms with van der Waals surface area (Å²) in [7, 11) is 0. The van der Waals surface area contributed by atoms with Crippen LogP contribution in [0.2, 0.25) is 0 Å². The zero-order chi connectivity index (χ0) is 5.86. The molecular formula is C3H4NO3-. The number of carboxylic acid groups (broad SMARTS) is 1. The number of nitrogens with two attached hydrogens (primary N) is 1. The number of rotatable bonds is 2. The molecular weight excluding hydrogens is 98.0 g/mol. The maximum Gasteiger partial charge on any atom is 0.191 e. The smallest absolute Gasteiger partial charge is 0.191 e. The normalized spacial score (nSPS) is 8.14. The summed E-state index contributed by atoms with van der Waals surface area (Å²) in [6.07, 6.45) is 0. The molecule has 7 heavy (non-hydrogen) atoms. The van der Waals surface area contributed by atoms with E-state index in [0.29, 0.717) is 0 Å². The average molecular weight is 102 g/mol. The van der Waals surface area contributed by atoms with Crippen LogP contribution < -0.4 is 10.8 Å². The molecule has 0 saturated heterocycles. The molecule has 0 spiro atoms. The van der Waals surface area contributed by atoms with E-state index in [0.717, 1.165) is 0 Å². The van der Waals surface area contributed by atoms with Gasteiger partial charge in [0.15, 0.2) is 5.78 Å². The minimum absolute atomic E-state index is 0.484. The highest BCUT2D eigenvalue weighted by Crippen LogP contribution is 1.57. The van der Waals surface area contributed by atoms with E-state index >= 15 is 0 Å². The van der Waals surface area contributed by atoms with Crippen LogP contribution in [0.25, 0.3) is 0 Å². The molecule has 0 aromatic heterocycles.